The summed E-state index contributed by atoms with van der Waals surface area (Å²) in [6.45, 7) is 3.94. The number of rotatable bonds is 2. The van der Waals surface area contributed by atoms with E-state index in [9.17, 15) is 0 Å². The van der Waals surface area contributed by atoms with E-state index >= 15 is 0 Å². The maximum atomic E-state index is 5.53. The summed E-state index contributed by atoms with van der Waals surface area (Å²) in [6.07, 6.45) is 1.77. The highest BCUT2D eigenvalue weighted by atomic mass is 16.5. The zero-order valence-corrected chi connectivity index (χ0v) is 10.5. The quantitative estimate of drug-likeness (QED) is 0.723. The van der Waals surface area contributed by atoms with E-state index in [-0.39, 0.29) is 0 Å². The summed E-state index contributed by atoms with van der Waals surface area (Å²) in [5.74, 6) is 1.15. The van der Waals surface area contributed by atoms with Crippen molar-refractivity contribution in [3.8, 4) is 23.1 Å². The van der Waals surface area contributed by atoms with Crippen LogP contribution in [0.5, 0.6) is 0 Å². The Hall–Kier alpha value is -2.70. The number of anilines is 1. The third-order valence-corrected chi connectivity index (χ3v) is 2.68. The Labute approximate surface area is 108 Å². The number of hydrogen-bond donors (Lipinski definition) is 2. The van der Waals surface area contributed by atoms with Crippen molar-refractivity contribution in [1.29, 1.82) is 0 Å². The third-order valence-electron chi connectivity index (χ3n) is 2.68. The van der Waals surface area contributed by atoms with Crippen molar-refractivity contribution in [3.05, 3.63) is 29.5 Å². The Morgan fingerprint density at radius 2 is 2.11 bits per heavy atom. The zero-order valence-electron chi connectivity index (χ0n) is 10.5. The van der Waals surface area contributed by atoms with Crippen molar-refractivity contribution in [2.75, 3.05) is 5.73 Å². The van der Waals surface area contributed by atoms with Gasteiger partial charge in [-0.05, 0) is 25.0 Å². The largest absolute Gasteiger partial charge is 0.382 e. The van der Waals surface area contributed by atoms with Crippen LogP contribution in [0.25, 0.3) is 23.1 Å². The number of H-pyrrole nitrogens is 1. The summed E-state index contributed by atoms with van der Waals surface area (Å²) in [7, 11) is 0. The number of nitrogens with two attached hydrogens (primary N) is 1. The van der Waals surface area contributed by atoms with E-state index in [2.05, 4.69) is 25.3 Å². The monoisotopic (exact) mass is 256 g/mol. The molecule has 0 atom stereocenters. The number of hydrogen-bond acceptors (Lipinski definition) is 6. The predicted molar refractivity (Wildman–Crippen MR) is 69.0 cm³/mol. The smallest absolute Gasteiger partial charge is 0.276 e. The molecule has 96 valence electrons. The van der Waals surface area contributed by atoms with E-state index < -0.39 is 0 Å². The van der Waals surface area contributed by atoms with E-state index in [1.165, 1.54) is 0 Å². The Morgan fingerprint density at radius 3 is 2.79 bits per heavy atom. The molecule has 0 aliphatic heterocycles. The first-order valence-electron chi connectivity index (χ1n) is 5.72. The first-order valence-corrected chi connectivity index (χ1v) is 5.72. The van der Waals surface area contributed by atoms with E-state index in [1.54, 1.807) is 12.3 Å². The summed E-state index contributed by atoms with van der Waals surface area (Å²) < 4.78 is 5.18. The predicted octanol–water partition coefficient (Wildman–Crippen LogP) is 1.72. The lowest BCUT2D eigenvalue weighted by molar-refractivity contribution is 0.430. The average molecular weight is 256 g/mol. The topological polar surface area (TPSA) is 107 Å². The van der Waals surface area contributed by atoms with E-state index in [0.29, 0.717) is 28.9 Å². The van der Waals surface area contributed by atoms with Crippen LogP contribution < -0.4 is 5.73 Å². The molecule has 0 bridgehead atoms. The second-order valence-corrected chi connectivity index (χ2v) is 4.31. The second kappa shape index (κ2) is 4.20. The van der Waals surface area contributed by atoms with Gasteiger partial charge in [-0.15, -0.1) is 0 Å². The van der Waals surface area contributed by atoms with E-state index in [4.69, 9.17) is 10.3 Å². The maximum absolute atomic E-state index is 5.53. The van der Waals surface area contributed by atoms with Gasteiger partial charge in [0.05, 0.1) is 0 Å². The normalized spacial score (nSPS) is 10.8. The summed E-state index contributed by atoms with van der Waals surface area (Å²) in [4.78, 5) is 8.61. The van der Waals surface area contributed by atoms with Crippen LogP contribution in [0.1, 0.15) is 11.1 Å². The minimum Gasteiger partial charge on any atom is -0.382 e. The van der Waals surface area contributed by atoms with Crippen molar-refractivity contribution in [2.24, 2.45) is 0 Å². The van der Waals surface area contributed by atoms with Crippen molar-refractivity contribution in [2.45, 2.75) is 13.8 Å². The summed E-state index contributed by atoms with van der Waals surface area (Å²) in [5, 5.41) is 10.5. The fourth-order valence-corrected chi connectivity index (χ4v) is 1.83. The highest BCUT2D eigenvalue weighted by Crippen LogP contribution is 2.22. The molecule has 0 unspecified atom stereocenters. The molecule has 3 aromatic rings. The van der Waals surface area contributed by atoms with Gasteiger partial charge in [0.2, 0.25) is 5.82 Å². The van der Waals surface area contributed by atoms with Gasteiger partial charge in [0.25, 0.3) is 5.89 Å². The second-order valence-electron chi connectivity index (χ2n) is 4.31. The highest BCUT2D eigenvalue weighted by molar-refractivity contribution is 5.58. The van der Waals surface area contributed by atoms with Crippen molar-refractivity contribution in [3.63, 3.8) is 0 Å². The zero-order chi connectivity index (χ0) is 13.4. The number of aromatic nitrogens is 5. The van der Waals surface area contributed by atoms with Crippen LogP contribution in [0.15, 0.2) is 22.9 Å². The molecule has 3 heterocycles. The molecule has 7 heteroatoms. The molecule has 19 heavy (non-hydrogen) atoms. The van der Waals surface area contributed by atoms with Crippen LogP contribution in [0.4, 0.5) is 5.82 Å². The van der Waals surface area contributed by atoms with Gasteiger partial charge in [0.15, 0.2) is 0 Å². The molecule has 0 aliphatic rings. The molecule has 0 spiro atoms. The van der Waals surface area contributed by atoms with Crippen molar-refractivity contribution < 1.29 is 4.52 Å². The Kier molecular flexibility index (Phi) is 2.52. The molecule has 0 amide bonds. The standard InChI is InChI=1S/C12H12N6O/c1-6-3-7(2)10(14-5-6)11-15-12(19-18-11)8-4-9(13)17-16-8/h3-5H,1-2H3,(H3,13,16,17). The van der Waals surface area contributed by atoms with E-state index in [0.717, 1.165) is 11.1 Å². The van der Waals surface area contributed by atoms with Gasteiger partial charge in [-0.1, -0.05) is 11.2 Å². The molecule has 0 saturated heterocycles. The van der Waals surface area contributed by atoms with Crippen LogP contribution in [-0.4, -0.2) is 25.3 Å². The van der Waals surface area contributed by atoms with Crippen molar-refractivity contribution >= 4 is 5.82 Å². The lowest BCUT2D eigenvalue weighted by atomic mass is 10.1. The molecule has 0 fully saturated rings. The average Bonchev–Trinajstić information content (AvgIpc) is 2.97. The molecule has 0 aromatic carbocycles. The first kappa shape index (κ1) is 11.4. The minimum absolute atomic E-state index is 0.334. The number of aryl methyl sites for hydroxylation is 2. The molecule has 0 aliphatic carbocycles. The van der Waals surface area contributed by atoms with Gasteiger partial charge in [-0.25, -0.2) is 0 Å². The Balaban J connectivity index is 2.01. The summed E-state index contributed by atoms with van der Waals surface area (Å²) in [5.41, 5.74) is 8.90. The third kappa shape index (κ3) is 2.05. The minimum atomic E-state index is 0.334. The van der Waals surface area contributed by atoms with Gasteiger partial charge in [0, 0.05) is 12.3 Å². The van der Waals surface area contributed by atoms with Crippen LogP contribution in [0.3, 0.4) is 0 Å². The lowest BCUT2D eigenvalue weighted by Crippen LogP contribution is -1.91. The number of nitrogen functional groups attached to an aromatic ring is 1. The Morgan fingerprint density at radius 1 is 1.26 bits per heavy atom. The lowest BCUT2D eigenvalue weighted by Gasteiger charge is -2.00. The van der Waals surface area contributed by atoms with Gasteiger partial charge in [-0.2, -0.15) is 10.1 Å². The van der Waals surface area contributed by atoms with Crippen LogP contribution in [0.2, 0.25) is 0 Å². The number of nitrogens with zero attached hydrogens (tertiary/aromatic N) is 4. The van der Waals surface area contributed by atoms with Crippen LogP contribution in [-0.2, 0) is 0 Å². The maximum Gasteiger partial charge on any atom is 0.276 e. The highest BCUT2D eigenvalue weighted by Gasteiger charge is 2.15. The summed E-state index contributed by atoms with van der Waals surface area (Å²) >= 11 is 0. The van der Waals surface area contributed by atoms with Gasteiger partial charge in [0.1, 0.15) is 17.2 Å². The van der Waals surface area contributed by atoms with Gasteiger partial charge in [-0.3, -0.25) is 10.1 Å². The number of pyridine rings is 1. The number of aromatic amines is 1. The van der Waals surface area contributed by atoms with E-state index in [1.807, 2.05) is 19.9 Å². The van der Waals surface area contributed by atoms with Crippen molar-refractivity contribution in [1.82, 2.24) is 25.3 Å². The fourth-order valence-electron chi connectivity index (χ4n) is 1.83. The van der Waals surface area contributed by atoms with Crippen LogP contribution >= 0.6 is 0 Å². The SMILES string of the molecule is Cc1cnc(-c2noc(-c3cc(N)n[nH]3)n2)c(C)c1. The molecular weight excluding hydrogens is 244 g/mol. The molecule has 3 N–H and O–H groups in total. The molecule has 7 nitrogen and oxygen atoms in total. The molecule has 0 saturated carbocycles. The molecule has 0 radical (unpaired) electrons. The van der Waals surface area contributed by atoms with Gasteiger partial charge < -0.3 is 10.3 Å². The van der Waals surface area contributed by atoms with Crippen LogP contribution in [0, 0.1) is 13.8 Å². The molecule has 3 rings (SSSR count). The first-order chi connectivity index (χ1) is 9.13. The summed E-state index contributed by atoms with van der Waals surface area (Å²) in [6, 6.07) is 3.65. The fraction of sp³-hybridized carbons (Fsp3) is 0.167. The molecule has 3 aromatic heterocycles. The van der Waals surface area contributed by atoms with Gasteiger partial charge >= 0.3 is 0 Å². The molecular formula is C12H12N6O. The number of nitrogens with one attached hydrogen (secondary N) is 1. The Bertz CT molecular complexity index is 729.